The summed E-state index contributed by atoms with van der Waals surface area (Å²) >= 11 is 0. The van der Waals surface area contributed by atoms with E-state index in [4.69, 9.17) is 4.74 Å². The van der Waals surface area contributed by atoms with Crippen molar-refractivity contribution < 1.29 is 9.53 Å². The molecular weight excluding hydrogens is 152 g/mol. The van der Waals surface area contributed by atoms with Crippen molar-refractivity contribution in [2.45, 2.75) is 26.9 Å². The lowest BCUT2D eigenvalue weighted by molar-refractivity contribution is -0.114. The van der Waals surface area contributed by atoms with Gasteiger partial charge in [-0.1, -0.05) is 12.5 Å². The summed E-state index contributed by atoms with van der Waals surface area (Å²) in [6.07, 6.45) is -0.433. The van der Waals surface area contributed by atoms with Crippen LogP contribution in [0.1, 0.15) is 20.8 Å². The summed E-state index contributed by atoms with van der Waals surface area (Å²) in [5, 5.41) is 0. The maximum absolute atomic E-state index is 10.9. The van der Waals surface area contributed by atoms with Crippen LogP contribution >= 0.6 is 0 Å². The van der Waals surface area contributed by atoms with Gasteiger partial charge in [-0.15, -0.1) is 5.92 Å². The van der Waals surface area contributed by atoms with Gasteiger partial charge in [0.05, 0.1) is 0 Å². The average molecular weight is 166 g/mol. The molecule has 0 saturated carbocycles. The summed E-state index contributed by atoms with van der Waals surface area (Å²) in [6, 6.07) is 0. The predicted molar refractivity (Wildman–Crippen MR) is 48.7 cm³/mol. The molecule has 0 bridgehead atoms. The van der Waals surface area contributed by atoms with Crippen molar-refractivity contribution in [3.63, 3.8) is 0 Å². The summed E-state index contributed by atoms with van der Waals surface area (Å²) in [5.41, 5.74) is 0.422. The lowest BCUT2D eigenvalue weighted by Gasteiger charge is -2.10. The number of ketones is 1. The van der Waals surface area contributed by atoms with E-state index in [0.29, 0.717) is 12.2 Å². The molecule has 0 fully saturated rings. The fourth-order valence-corrected chi connectivity index (χ4v) is 0.712. The fourth-order valence-electron chi connectivity index (χ4n) is 0.712. The van der Waals surface area contributed by atoms with Gasteiger partial charge in [-0.25, -0.2) is 0 Å². The van der Waals surface area contributed by atoms with Crippen molar-refractivity contribution >= 4 is 5.78 Å². The molecule has 0 aliphatic carbocycles. The minimum Gasteiger partial charge on any atom is -0.361 e. The quantitative estimate of drug-likeness (QED) is 0.468. The molecule has 0 heterocycles. The van der Waals surface area contributed by atoms with Crippen molar-refractivity contribution in [2.24, 2.45) is 0 Å². The molecule has 66 valence electrons. The third-order valence-electron chi connectivity index (χ3n) is 1.38. The minimum absolute atomic E-state index is 0.0730. The van der Waals surface area contributed by atoms with E-state index in [-0.39, 0.29) is 5.78 Å². The zero-order valence-electron chi connectivity index (χ0n) is 7.81. The van der Waals surface area contributed by atoms with Gasteiger partial charge in [0.25, 0.3) is 0 Å². The molecule has 12 heavy (non-hydrogen) atoms. The van der Waals surface area contributed by atoms with Crippen LogP contribution in [0.3, 0.4) is 0 Å². The molecule has 1 atom stereocenters. The van der Waals surface area contributed by atoms with Crippen LogP contribution in [0.5, 0.6) is 0 Å². The van der Waals surface area contributed by atoms with Gasteiger partial charge < -0.3 is 4.74 Å². The number of ether oxygens (including phenoxy) is 1. The molecule has 2 heteroatoms. The summed E-state index contributed by atoms with van der Waals surface area (Å²) < 4.78 is 5.21. The molecule has 0 amide bonds. The third-order valence-corrected chi connectivity index (χ3v) is 1.38. The summed E-state index contributed by atoms with van der Waals surface area (Å²) in [6.45, 7) is 9.18. The van der Waals surface area contributed by atoms with Crippen LogP contribution in [0.15, 0.2) is 12.2 Å². The Kier molecular flexibility index (Phi) is 5.07. The molecule has 0 aliphatic rings. The van der Waals surface area contributed by atoms with Crippen molar-refractivity contribution in [3.05, 3.63) is 12.2 Å². The first-order valence-electron chi connectivity index (χ1n) is 3.87. The highest BCUT2D eigenvalue weighted by molar-refractivity contribution is 5.94. The Morgan fingerprint density at radius 3 is 2.58 bits per heavy atom. The van der Waals surface area contributed by atoms with Crippen LogP contribution in [0.2, 0.25) is 0 Å². The van der Waals surface area contributed by atoms with Crippen molar-refractivity contribution in [3.8, 4) is 11.8 Å². The number of carbonyl (C=O) groups excluding carboxylic acids is 1. The molecule has 2 nitrogen and oxygen atoms in total. The molecule has 0 aromatic heterocycles. The highest BCUT2D eigenvalue weighted by Gasteiger charge is 2.12. The Balaban J connectivity index is 4.36. The second kappa shape index (κ2) is 5.56. The molecule has 0 aliphatic heterocycles. The van der Waals surface area contributed by atoms with Crippen LogP contribution in [-0.2, 0) is 9.53 Å². The van der Waals surface area contributed by atoms with Gasteiger partial charge in [-0.05, 0) is 20.8 Å². The van der Waals surface area contributed by atoms with Gasteiger partial charge in [0.2, 0.25) is 0 Å². The molecule has 0 aromatic rings. The SMILES string of the molecule is C=C(C(C)=O)C(C#CC)OCC. The molecule has 0 saturated heterocycles. The Bertz CT molecular complexity index is 230. The monoisotopic (exact) mass is 166 g/mol. The third kappa shape index (κ3) is 3.36. The van der Waals surface area contributed by atoms with E-state index in [2.05, 4.69) is 18.4 Å². The molecular formula is C10H14O2. The largest absolute Gasteiger partial charge is 0.361 e. The van der Waals surface area contributed by atoms with Crippen LogP contribution in [-0.4, -0.2) is 18.5 Å². The lowest BCUT2D eigenvalue weighted by Crippen LogP contribution is -2.17. The maximum atomic E-state index is 10.9. The molecule has 0 aromatic carbocycles. The second-order valence-corrected chi connectivity index (χ2v) is 2.31. The summed E-state index contributed by atoms with van der Waals surface area (Å²) in [7, 11) is 0. The number of Topliss-reactive ketones (excluding diaryl/α,β-unsaturated/α-hetero) is 1. The summed E-state index contributed by atoms with van der Waals surface area (Å²) in [4.78, 5) is 10.9. The molecule has 0 N–H and O–H groups in total. The Labute approximate surface area is 73.6 Å². The van der Waals surface area contributed by atoms with Crippen molar-refractivity contribution in [2.75, 3.05) is 6.61 Å². The second-order valence-electron chi connectivity index (χ2n) is 2.31. The lowest BCUT2D eigenvalue weighted by atomic mass is 10.1. The molecule has 0 rings (SSSR count). The van der Waals surface area contributed by atoms with Crippen molar-refractivity contribution in [1.82, 2.24) is 0 Å². The van der Waals surface area contributed by atoms with E-state index in [1.165, 1.54) is 6.92 Å². The zero-order valence-corrected chi connectivity index (χ0v) is 7.81. The van der Waals surface area contributed by atoms with E-state index in [0.717, 1.165) is 0 Å². The first-order chi connectivity index (χ1) is 5.63. The summed E-state index contributed by atoms with van der Waals surface area (Å²) in [5.74, 6) is 5.40. The predicted octanol–water partition coefficient (Wildman–Crippen LogP) is 1.56. The van der Waals surface area contributed by atoms with E-state index in [1.54, 1.807) is 6.92 Å². The number of hydrogen-bond acceptors (Lipinski definition) is 2. The Morgan fingerprint density at radius 2 is 2.25 bits per heavy atom. The number of carbonyl (C=O) groups is 1. The van der Waals surface area contributed by atoms with Gasteiger partial charge in [-0.3, -0.25) is 4.79 Å². The molecule has 0 radical (unpaired) electrons. The van der Waals surface area contributed by atoms with Crippen molar-refractivity contribution in [1.29, 1.82) is 0 Å². The van der Waals surface area contributed by atoms with Gasteiger partial charge in [0, 0.05) is 12.2 Å². The van der Waals surface area contributed by atoms with Crippen LogP contribution < -0.4 is 0 Å². The van der Waals surface area contributed by atoms with E-state index in [9.17, 15) is 4.79 Å². The maximum Gasteiger partial charge on any atom is 0.158 e. The molecule has 0 spiro atoms. The van der Waals surface area contributed by atoms with Gasteiger partial charge in [-0.2, -0.15) is 0 Å². The first-order valence-corrected chi connectivity index (χ1v) is 3.87. The van der Waals surface area contributed by atoms with Gasteiger partial charge >= 0.3 is 0 Å². The number of hydrogen-bond donors (Lipinski definition) is 0. The van der Waals surface area contributed by atoms with E-state index in [1.807, 2.05) is 6.92 Å². The molecule has 1 unspecified atom stereocenters. The first kappa shape index (κ1) is 10.9. The Morgan fingerprint density at radius 1 is 1.67 bits per heavy atom. The van der Waals surface area contributed by atoms with Gasteiger partial charge in [0.15, 0.2) is 5.78 Å². The van der Waals surface area contributed by atoms with E-state index < -0.39 is 6.10 Å². The van der Waals surface area contributed by atoms with Crippen LogP contribution in [0.25, 0.3) is 0 Å². The minimum atomic E-state index is -0.433. The topological polar surface area (TPSA) is 26.3 Å². The Hall–Kier alpha value is -1.07. The van der Waals surface area contributed by atoms with Gasteiger partial charge in [0.1, 0.15) is 6.10 Å². The standard InChI is InChI=1S/C10H14O2/c1-5-7-10(12-6-2)8(3)9(4)11/h10H,3,6H2,1-2,4H3. The highest BCUT2D eigenvalue weighted by Crippen LogP contribution is 2.04. The van der Waals surface area contributed by atoms with Crippen LogP contribution in [0, 0.1) is 11.8 Å². The highest BCUT2D eigenvalue weighted by atomic mass is 16.5. The smallest absolute Gasteiger partial charge is 0.158 e. The fraction of sp³-hybridized carbons (Fsp3) is 0.500. The number of rotatable bonds is 4. The van der Waals surface area contributed by atoms with E-state index >= 15 is 0 Å². The zero-order chi connectivity index (χ0) is 9.56. The average Bonchev–Trinajstić information content (AvgIpc) is 2.03. The van der Waals surface area contributed by atoms with Crippen LogP contribution in [0.4, 0.5) is 0 Å². The normalized spacial score (nSPS) is 11.2.